The molecule has 0 saturated heterocycles. The lowest BCUT2D eigenvalue weighted by Gasteiger charge is -2.10. The molecule has 0 spiro atoms. The molecule has 9 nitrogen and oxygen atoms in total. The Morgan fingerprint density at radius 2 is 1.97 bits per heavy atom. The summed E-state index contributed by atoms with van der Waals surface area (Å²) >= 11 is 0. The molecule has 0 aliphatic heterocycles. The number of tetrazole rings is 1. The average Bonchev–Trinajstić information content (AvgIpc) is 3.22. The van der Waals surface area contributed by atoms with Gasteiger partial charge in [-0.15, -0.1) is 5.10 Å². The van der Waals surface area contributed by atoms with Gasteiger partial charge in [-0.2, -0.15) is 0 Å². The van der Waals surface area contributed by atoms with Crippen LogP contribution >= 0.6 is 0 Å². The molecule has 2 aromatic carbocycles. The third-order valence-corrected chi connectivity index (χ3v) is 4.32. The van der Waals surface area contributed by atoms with Crippen molar-refractivity contribution in [2.75, 3.05) is 5.32 Å². The van der Waals surface area contributed by atoms with Crippen LogP contribution in [0.25, 0.3) is 17.1 Å². The molecule has 29 heavy (non-hydrogen) atoms. The molecule has 2 aromatic heterocycles. The van der Waals surface area contributed by atoms with Gasteiger partial charge in [0.1, 0.15) is 12.2 Å². The van der Waals surface area contributed by atoms with Crippen molar-refractivity contribution in [3.05, 3.63) is 82.0 Å². The summed E-state index contributed by atoms with van der Waals surface area (Å²) in [6.07, 6.45) is 1.50. The van der Waals surface area contributed by atoms with Gasteiger partial charge in [-0.05, 0) is 60.2 Å². The molecule has 0 saturated carbocycles. The molecule has 9 heteroatoms. The second-order valence-corrected chi connectivity index (χ2v) is 6.53. The number of hydrogen-bond donors (Lipinski definition) is 2. The highest BCUT2D eigenvalue weighted by molar-refractivity contribution is 6.04. The van der Waals surface area contributed by atoms with E-state index in [4.69, 9.17) is 0 Å². The Hall–Kier alpha value is -4.14. The first-order valence-electron chi connectivity index (χ1n) is 8.83. The highest BCUT2D eigenvalue weighted by Gasteiger charge is 2.11. The zero-order chi connectivity index (χ0) is 20.4. The lowest BCUT2D eigenvalue weighted by Crippen LogP contribution is -2.13. The van der Waals surface area contributed by atoms with E-state index in [0.29, 0.717) is 28.3 Å². The molecule has 0 bridgehead atoms. The smallest absolute Gasteiger partial charge is 0.255 e. The summed E-state index contributed by atoms with van der Waals surface area (Å²) in [5.41, 5.74) is 3.86. The van der Waals surface area contributed by atoms with E-state index in [9.17, 15) is 9.59 Å². The van der Waals surface area contributed by atoms with Gasteiger partial charge in [-0.1, -0.05) is 12.1 Å². The van der Waals surface area contributed by atoms with Crippen LogP contribution in [0.1, 0.15) is 21.6 Å². The number of carbonyl (C=O) groups excluding carboxylic acids is 1. The SMILES string of the molecule is Cc1cc(=O)[nH]c(-c2cccc(NC(=O)c3ccc(-n4cnnn4)c(C)c3)c2)n1. The first-order valence-corrected chi connectivity index (χ1v) is 8.83. The lowest BCUT2D eigenvalue weighted by molar-refractivity contribution is 0.102. The number of nitrogens with zero attached hydrogens (tertiary/aromatic N) is 5. The van der Waals surface area contributed by atoms with Crippen molar-refractivity contribution in [3.8, 4) is 17.1 Å². The van der Waals surface area contributed by atoms with Gasteiger partial charge in [0.2, 0.25) is 0 Å². The summed E-state index contributed by atoms with van der Waals surface area (Å²) in [4.78, 5) is 31.4. The number of H-pyrrole nitrogens is 1. The number of aryl methyl sites for hydroxylation is 2. The third-order valence-electron chi connectivity index (χ3n) is 4.32. The van der Waals surface area contributed by atoms with Crippen molar-refractivity contribution in [1.82, 2.24) is 30.2 Å². The minimum absolute atomic E-state index is 0.222. The predicted molar refractivity (Wildman–Crippen MR) is 107 cm³/mol. The molecule has 1 amide bonds. The quantitative estimate of drug-likeness (QED) is 0.555. The van der Waals surface area contributed by atoms with Crippen LogP contribution in [0.15, 0.2) is 59.7 Å². The Morgan fingerprint density at radius 1 is 1.10 bits per heavy atom. The highest BCUT2D eigenvalue weighted by atomic mass is 16.1. The normalized spacial score (nSPS) is 10.7. The van der Waals surface area contributed by atoms with Gasteiger partial charge in [0, 0.05) is 28.6 Å². The second-order valence-electron chi connectivity index (χ2n) is 6.53. The van der Waals surface area contributed by atoms with Crippen LogP contribution < -0.4 is 10.9 Å². The maximum Gasteiger partial charge on any atom is 0.255 e. The first-order chi connectivity index (χ1) is 14.0. The minimum Gasteiger partial charge on any atom is -0.322 e. The summed E-state index contributed by atoms with van der Waals surface area (Å²) in [7, 11) is 0. The summed E-state index contributed by atoms with van der Waals surface area (Å²) in [6.45, 7) is 3.64. The molecule has 0 unspecified atom stereocenters. The van der Waals surface area contributed by atoms with E-state index in [1.165, 1.54) is 17.1 Å². The average molecular weight is 387 g/mol. The number of aromatic amines is 1. The van der Waals surface area contributed by atoms with E-state index >= 15 is 0 Å². The first kappa shape index (κ1) is 18.2. The van der Waals surface area contributed by atoms with E-state index in [2.05, 4.69) is 30.8 Å². The van der Waals surface area contributed by atoms with Crippen LogP contribution in [0.3, 0.4) is 0 Å². The summed E-state index contributed by atoms with van der Waals surface area (Å²) in [5, 5.41) is 14.0. The number of benzene rings is 2. The van der Waals surface area contributed by atoms with E-state index in [0.717, 1.165) is 11.3 Å². The molecule has 0 aliphatic carbocycles. The largest absolute Gasteiger partial charge is 0.322 e. The molecular weight excluding hydrogens is 370 g/mol. The molecule has 4 rings (SSSR count). The summed E-state index contributed by atoms with van der Waals surface area (Å²) in [5.74, 6) is 0.201. The third kappa shape index (κ3) is 3.93. The highest BCUT2D eigenvalue weighted by Crippen LogP contribution is 2.20. The van der Waals surface area contributed by atoms with Crippen molar-refractivity contribution >= 4 is 11.6 Å². The van der Waals surface area contributed by atoms with Crippen LogP contribution in [0.2, 0.25) is 0 Å². The molecule has 0 fully saturated rings. The van der Waals surface area contributed by atoms with Gasteiger partial charge in [-0.3, -0.25) is 9.59 Å². The van der Waals surface area contributed by atoms with Crippen molar-refractivity contribution in [1.29, 1.82) is 0 Å². The van der Waals surface area contributed by atoms with Gasteiger partial charge in [0.15, 0.2) is 0 Å². The number of hydrogen-bond acceptors (Lipinski definition) is 6. The Morgan fingerprint density at radius 3 is 2.69 bits per heavy atom. The van der Waals surface area contributed by atoms with E-state index in [1.54, 1.807) is 43.3 Å². The zero-order valence-electron chi connectivity index (χ0n) is 15.7. The van der Waals surface area contributed by atoms with Gasteiger partial charge in [0.25, 0.3) is 11.5 Å². The van der Waals surface area contributed by atoms with Gasteiger partial charge < -0.3 is 10.3 Å². The Labute approximate surface area is 165 Å². The van der Waals surface area contributed by atoms with Crippen molar-refractivity contribution in [2.45, 2.75) is 13.8 Å². The number of aromatic nitrogens is 6. The lowest BCUT2D eigenvalue weighted by atomic mass is 10.1. The minimum atomic E-state index is -0.251. The molecule has 4 aromatic rings. The summed E-state index contributed by atoms with van der Waals surface area (Å²) in [6, 6.07) is 13.8. The topological polar surface area (TPSA) is 118 Å². The number of rotatable bonds is 4. The van der Waals surface area contributed by atoms with Crippen LogP contribution in [-0.2, 0) is 0 Å². The van der Waals surface area contributed by atoms with Gasteiger partial charge in [-0.25, -0.2) is 9.67 Å². The Kier molecular flexibility index (Phi) is 4.70. The predicted octanol–water partition coefficient (Wildman–Crippen LogP) is 2.28. The van der Waals surface area contributed by atoms with E-state index < -0.39 is 0 Å². The number of carbonyl (C=O) groups is 1. The van der Waals surface area contributed by atoms with Crippen LogP contribution in [0.4, 0.5) is 5.69 Å². The molecule has 144 valence electrons. The Balaban J connectivity index is 1.57. The number of nitrogens with one attached hydrogen (secondary N) is 2. The standard InChI is InChI=1S/C20H17N7O2/c1-12-8-15(6-7-17(12)27-11-21-25-26-27)20(29)23-16-5-3-4-14(10-16)19-22-13(2)9-18(28)24-19/h3-11H,1-2H3,(H,23,29)(H,22,24,28). The van der Waals surface area contributed by atoms with E-state index in [1.807, 2.05) is 13.0 Å². The van der Waals surface area contributed by atoms with Gasteiger partial charge in [0.05, 0.1) is 5.69 Å². The molecule has 0 aliphatic rings. The van der Waals surface area contributed by atoms with Crippen LogP contribution in [-0.4, -0.2) is 36.1 Å². The molecular formula is C20H17N7O2. The van der Waals surface area contributed by atoms with Crippen molar-refractivity contribution in [3.63, 3.8) is 0 Å². The summed E-state index contributed by atoms with van der Waals surface area (Å²) < 4.78 is 1.54. The van der Waals surface area contributed by atoms with Crippen molar-refractivity contribution in [2.24, 2.45) is 0 Å². The fourth-order valence-electron chi connectivity index (χ4n) is 2.99. The maximum atomic E-state index is 12.7. The van der Waals surface area contributed by atoms with Gasteiger partial charge >= 0.3 is 0 Å². The van der Waals surface area contributed by atoms with Crippen LogP contribution in [0.5, 0.6) is 0 Å². The molecule has 2 N–H and O–H groups in total. The fourth-order valence-corrected chi connectivity index (χ4v) is 2.99. The van der Waals surface area contributed by atoms with E-state index in [-0.39, 0.29) is 11.5 Å². The second kappa shape index (κ2) is 7.47. The molecule has 0 radical (unpaired) electrons. The van der Waals surface area contributed by atoms with Crippen molar-refractivity contribution < 1.29 is 4.79 Å². The molecule has 0 atom stereocenters. The number of amides is 1. The fraction of sp³-hybridized carbons (Fsp3) is 0.100. The monoisotopic (exact) mass is 387 g/mol. The molecule has 2 heterocycles. The Bertz CT molecular complexity index is 1250. The number of anilines is 1. The van der Waals surface area contributed by atoms with Crippen LogP contribution in [0, 0.1) is 13.8 Å². The zero-order valence-corrected chi connectivity index (χ0v) is 15.7. The maximum absolute atomic E-state index is 12.7.